The highest BCUT2D eigenvalue weighted by atomic mass is 32.2. The zero-order valence-electron chi connectivity index (χ0n) is 7.93. The Labute approximate surface area is 85.8 Å². The Hall–Kier alpha value is -1.64. The Bertz CT molecular complexity index is 451. The number of aromatic amines is 1. The number of H-pyrrole nitrogens is 1. The molecule has 0 fully saturated rings. The van der Waals surface area contributed by atoms with Crippen LogP contribution < -0.4 is 5.32 Å². The van der Waals surface area contributed by atoms with Crippen molar-refractivity contribution in [1.82, 2.24) is 10.2 Å². The van der Waals surface area contributed by atoms with Gasteiger partial charge in [-0.15, -0.1) is 5.10 Å². The average Bonchev–Trinajstić information content (AvgIpc) is 2.49. The summed E-state index contributed by atoms with van der Waals surface area (Å²) in [6.45, 7) is 0.110. The van der Waals surface area contributed by atoms with Gasteiger partial charge in [-0.1, -0.05) is 5.10 Å². The Morgan fingerprint density at radius 2 is 2.33 bits per heavy atom. The van der Waals surface area contributed by atoms with E-state index in [2.05, 4.69) is 15.5 Å². The van der Waals surface area contributed by atoms with Crippen LogP contribution in [0.1, 0.15) is 0 Å². The molecule has 2 N–H and O–H groups in total. The maximum Gasteiger partial charge on any atom is 0.366 e. The maximum absolute atomic E-state index is 10.8. The van der Waals surface area contributed by atoms with Crippen molar-refractivity contribution < 1.29 is 13.3 Å². The Morgan fingerprint density at radius 3 is 2.87 bits per heavy atom. The molecular formula is C6H10N4O4S. The van der Waals surface area contributed by atoms with Gasteiger partial charge in [0.25, 0.3) is 0 Å². The monoisotopic (exact) mass is 234 g/mol. The number of hydrogen-bond acceptors (Lipinski definition) is 6. The van der Waals surface area contributed by atoms with Gasteiger partial charge in [-0.3, -0.25) is 0 Å². The second-order valence-electron chi connectivity index (χ2n) is 2.95. The van der Waals surface area contributed by atoms with Crippen LogP contribution in [0.5, 0.6) is 0 Å². The van der Waals surface area contributed by atoms with Crippen molar-refractivity contribution >= 4 is 21.3 Å². The van der Waals surface area contributed by atoms with E-state index in [1.807, 2.05) is 0 Å². The molecule has 15 heavy (non-hydrogen) atoms. The van der Waals surface area contributed by atoms with E-state index in [4.69, 9.17) is 0 Å². The van der Waals surface area contributed by atoms with Gasteiger partial charge in [-0.25, -0.2) is 8.42 Å². The standard InChI is InChI=1S/C6H10N4O4S/c1-15(13,14)3-2-7-5-4-8-9-6(5)10(11)12/h4,7H,2-3H2,1H3,(H,8,9). The van der Waals surface area contributed by atoms with E-state index in [1.165, 1.54) is 6.20 Å². The van der Waals surface area contributed by atoms with E-state index >= 15 is 0 Å². The van der Waals surface area contributed by atoms with Gasteiger partial charge in [0.1, 0.15) is 16.0 Å². The number of sulfone groups is 1. The molecule has 0 radical (unpaired) electrons. The number of anilines is 1. The molecule has 9 heteroatoms. The van der Waals surface area contributed by atoms with Crippen molar-refractivity contribution in [1.29, 1.82) is 0 Å². The molecule has 0 atom stereocenters. The molecule has 0 unspecified atom stereocenters. The highest BCUT2D eigenvalue weighted by molar-refractivity contribution is 7.90. The summed E-state index contributed by atoms with van der Waals surface area (Å²) in [5, 5.41) is 18.7. The van der Waals surface area contributed by atoms with Crippen LogP contribution >= 0.6 is 0 Å². The van der Waals surface area contributed by atoms with Gasteiger partial charge in [0.2, 0.25) is 0 Å². The minimum atomic E-state index is -3.07. The molecule has 1 aromatic rings. The van der Waals surface area contributed by atoms with Crippen molar-refractivity contribution in [3.8, 4) is 0 Å². The quantitative estimate of drug-likeness (QED) is 0.536. The molecule has 0 saturated carbocycles. The lowest BCUT2D eigenvalue weighted by atomic mass is 10.5. The first-order chi connectivity index (χ1) is 6.90. The molecule has 1 aromatic heterocycles. The molecule has 0 aliphatic rings. The number of hydrogen-bond donors (Lipinski definition) is 2. The van der Waals surface area contributed by atoms with Gasteiger partial charge in [0, 0.05) is 12.8 Å². The van der Waals surface area contributed by atoms with Crippen LogP contribution in [-0.2, 0) is 9.84 Å². The van der Waals surface area contributed by atoms with Crippen LogP contribution in [0.4, 0.5) is 11.5 Å². The van der Waals surface area contributed by atoms with E-state index < -0.39 is 14.8 Å². The third kappa shape index (κ3) is 3.54. The van der Waals surface area contributed by atoms with E-state index in [0.29, 0.717) is 0 Å². The third-order valence-electron chi connectivity index (χ3n) is 1.59. The fourth-order valence-electron chi connectivity index (χ4n) is 0.919. The average molecular weight is 234 g/mol. The van der Waals surface area contributed by atoms with Crippen LogP contribution in [0.3, 0.4) is 0 Å². The van der Waals surface area contributed by atoms with Gasteiger partial charge in [0.05, 0.1) is 5.75 Å². The Morgan fingerprint density at radius 1 is 1.67 bits per heavy atom. The fourth-order valence-corrected chi connectivity index (χ4v) is 1.39. The molecule has 0 amide bonds. The summed E-state index contributed by atoms with van der Waals surface area (Å²) in [5.41, 5.74) is 0.184. The highest BCUT2D eigenvalue weighted by Crippen LogP contribution is 2.18. The van der Waals surface area contributed by atoms with Crippen LogP contribution in [-0.4, -0.2) is 42.1 Å². The second kappa shape index (κ2) is 4.26. The molecule has 8 nitrogen and oxygen atoms in total. The highest BCUT2D eigenvalue weighted by Gasteiger charge is 2.14. The lowest BCUT2D eigenvalue weighted by molar-refractivity contribution is -0.388. The van der Waals surface area contributed by atoms with Gasteiger partial charge >= 0.3 is 5.82 Å². The van der Waals surface area contributed by atoms with Gasteiger partial charge in [0.15, 0.2) is 5.69 Å². The number of nitrogens with zero attached hydrogens (tertiary/aromatic N) is 2. The largest absolute Gasteiger partial charge is 0.376 e. The lowest BCUT2D eigenvalue weighted by Crippen LogP contribution is -2.14. The zero-order chi connectivity index (χ0) is 11.5. The first-order valence-corrected chi connectivity index (χ1v) is 6.05. The summed E-state index contributed by atoms with van der Waals surface area (Å²) in [6.07, 6.45) is 2.33. The number of nitro groups is 1. The number of aromatic nitrogens is 2. The molecule has 1 rings (SSSR count). The molecule has 0 bridgehead atoms. The van der Waals surface area contributed by atoms with E-state index in [9.17, 15) is 18.5 Å². The first kappa shape index (κ1) is 11.4. The van der Waals surface area contributed by atoms with Gasteiger partial charge in [-0.2, -0.15) is 0 Å². The predicted octanol–water partition coefficient (Wildman–Crippen LogP) is -0.226. The molecule has 1 heterocycles. The second-order valence-corrected chi connectivity index (χ2v) is 5.21. The van der Waals surface area contributed by atoms with Crippen molar-refractivity contribution in [3.05, 3.63) is 16.3 Å². The van der Waals surface area contributed by atoms with E-state index in [-0.39, 0.29) is 23.8 Å². The zero-order valence-corrected chi connectivity index (χ0v) is 8.74. The number of rotatable bonds is 5. The van der Waals surface area contributed by atoms with Crippen LogP contribution in [0, 0.1) is 10.1 Å². The van der Waals surface area contributed by atoms with Crippen LogP contribution in [0.15, 0.2) is 6.20 Å². The topological polar surface area (TPSA) is 118 Å². The van der Waals surface area contributed by atoms with E-state index in [0.717, 1.165) is 6.26 Å². The fraction of sp³-hybridized carbons (Fsp3) is 0.500. The molecule has 0 saturated heterocycles. The summed E-state index contributed by atoms with van der Waals surface area (Å²) >= 11 is 0. The van der Waals surface area contributed by atoms with Crippen LogP contribution in [0.25, 0.3) is 0 Å². The van der Waals surface area contributed by atoms with E-state index in [1.54, 1.807) is 0 Å². The molecule has 0 aromatic carbocycles. The van der Waals surface area contributed by atoms with Crippen molar-refractivity contribution in [3.63, 3.8) is 0 Å². The summed E-state index contributed by atoms with van der Waals surface area (Å²) in [5.74, 6) is -0.362. The lowest BCUT2D eigenvalue weighted by Gasteiger charge is -2.01. The summed E-state index contributed by atoms with van der Waals surface area (Å²) in [7, 11) is -3.07. The molecule has 0 spiro atoms. The molecular weight excluding hydrogens is 224 g/mol. The predicted molar refractivity (Wildman–Crippen MR) is 53.4 cm³/mol. The smallest absolute Gasteiger partial charge is 0.366 e. The minimum absolute atomic E-state index is 0.0880. The SMILES string of the molecule is CS(=O)(=O)CCNc1cn[nH]c1[N+](=O)[O-]. The van der Waals surface area contributed by atoms with Crippen molar-refractivity contribution in [2.45, 2.75) is 0 Å². The van der Waals surface area contributed by atoms with Crippen molar-refractivity contribution in [2.75, 3.05) is 23.9 Å². The Balaban J connectivity index is 2.58. The first-order valence-electron chi connectivity index (χ1n) is 3.99. The Kier molecular flexibility index (Phi) is 3.24. The summed E-state index contributed by atoms with van der Waals surface area (Å²) in [6, 6.07) is 0. The molecule has 0 aliphatic carbocycles. The maximum atomic E-state index is 10.8. The summed E-state index contributed by atoms with van der Waals surface area (Å²) in [4.78, 5) is 9.79. The number of nitrogens with one attached hydrogen (secondary N) is 2. The van der Waals surface area contributed by atoms with Gasteiger partial charge < -0.3 is 15.4 Å². The third-order valence-corrected chi connectivity index (χ3v) is 2.54. The summed E-state index contributed by atoms with van der Waals surface area (Å²) < 4.78 is 21.6. The minimum Gasteiger partial charge on any atom is -0.376 e. The van der Waals surface area contributed by atoms with Crippen molar-refractivity contribution in [2.24, 2.45) is 0 Å². The van der Waals surface area contributed by atoms with Crippen LogP contribution in [0.2, 0.25) is 0 Å². The molecule has 0 aliphatic heterocycles. The normalized spacial score (nSPS) is 11.3. The van der Waals surface area contributed by atoms with Gasteiger partial charge in [-0.05, 0) is 4.92 Å². The molecule has 84 valence electrons.